The summed E-state index contributed by atoms with van der Waals surface area (Å²) in [6.45, 7) is 0. The Labute approximate surface area is 178 Å². The van der Waals surface area contributed by atoms with Crippen LogP contribution in [0, 0.1) is 5.82 Å². The maximum absolute atomic E-state index is 13.4. The first kappa shape index (κ1) is 19.9. The Kier molecular flexibility index (Phi) is 5.68. The van der Waals surface area contributed by atoms with Gasteiger partial charge in [0.1, 0.15) is 16.5 Å². The van der Waals surface area contributed by atoms with Gasteiger partial charge in [0.25, 0.3) is 0 Å². The zero-order chi connectivity index (χ0) is 21.1. The molecule has 7 nitrogen and oxygen atoms in total. The molecular weight excluding hydrogens is 427 g/mol. The number of ether oxygens (including phenoxy) is 1. The third-order valence-electron chi connectivity index (χ3n) is 4.10. The number of benzene rings is 1. The highest BCUT2D eigenvalue weighted by atomic mass is 32.1. The van der Waals surface area contributed by atoms with Crippen LogP contribution >= 0.6 is 22.7 Å². The number of H-pyrrole nitrogens is 1. The molecule has 0 aliphatic carbocycles. The topological polar surface area (TPSA) is 97.0 Å². The van der Waals surface area contributed by atoms with Crippen molar-refractivity contribution in [3.05, 3.63) is 64.5 Å². The predicted molar refractivity (Wildman–Crippen MR) is 113 cm³/mol. The molecule has 0 bridgehead atoms. The van der Waals surface area contributed by atoms with E-state index in [1.807, 2.05) is 0 Å². The van der Waals surface area contributed by atoms with Crippen LogP contribution in [0.25, 0.3) is 21.8 Å². The molecule has 0 aliphatic heterocycles. The van der Waals surface area contributed by atoms with Crippen molar-refractivity contribution in [3.8, 4) is 21.8 Å². The number of nitrogens with one attached hydrogen (secondary N) is 2. The predicted octanol–water partition coefficient (Wildman–Crippen LogP) is 4.37. The van der Waals surface area contributed by atoms with Gasteiger partial charge in [-0.1, -0.05) is 12.1 Å². The van der Waals surface area contributed by atoms with E-state index in [9.17, 15) is 14.0 Å². The number of carbonyl (C=O) groups is 2. The summed E-state index contributed by atoms with van der Waals surface area (Å²) in [5.41, 5.74) is 2.94. The summed E-state index contributed by atoms with van der Waals surface area (Å²) in [6, 6.07) is 7.81. The van der Waals surface area contributed by atoms with E-state index >= 15 is 0 Å². The van der Waals surface area contributed by atoms with E-state index in [1.54, 1.807) is 35.2 Å². The van der Waals surface area contributed by atoms with Gasteiger partial charge < -0.3 is 15.0 Å². The summed E-state index contributed by atoms with van der Waals surface area (Å²) in [7, 11) is 1.31. The van der Waals surface area contributed by atoms with E-state index in [0.29, 0.717) is 38.3 Å². The highest BCUT2D eigenvalue weighted by Crippen LogP contribution is 2.27. The number of hydrogen-bond donors (Lipinski definition) is 2. The number of hydrogen-bond acceptors (Lipinski definition) is 7. The molecule has 4 rings (SSSR count). The molecule has 0 fully saturated rings. The molecule has 0 unspecified atom stereocenters. The van der Waals surface area contributed by atoms with Crippen molar-refractivity contribution >= 4 is 39.7 Å². The van der Waals surface area contributed by atoms with Crippen molar-refractivity contribution in [3.63, 3.8) is 0 Å². The summed E-state index contributed by atoms with van der Waals surface area (Å²) in [5, 5.41) is 7.41. The number of aromatic amines is 1. The Morgan fingerprint density at radius 1 is 1.17 bits per heavy atom. The monoisotopic (exact) mass is 442 g/mol. The van der Waals surface area contributed by atoms with Crippen LogP contribution in [-0.4, -0.2) is 33.9 Å². The van der Waals surface area contributed by atoms with Crippen LogP contribution in [0.15, 0.2) is 47.3 Å². The summed E-state index contributed by atoms with van der Waals surface area (Å²) >= 11 is 2.63. The average molecular weight is 442 g/mol. The molecule has 1 amide bonds. The van der Waals surface area contributed by atoms with Crippen molar-refractivity contribution in [1.82, 2.24) is 15.0 Å². The molecule has 30 heavy (non-hydrogen) atoms. The third-order valence-corrected chi connectivity index (χ3v) is 5.80. The first-order valence-electron chi connectivity index (χ1n) is 8.74. The van der Waals surface area contributed by atoms with E-state index in [1.165, 1.54) is 41.9 Å². The lowest BCUT2D eigenvalue weighted by molar-refractivity contribution is -0.115. The number of carbonyl (C=O) groups excluding carboxylic acids is 2. The second-order valence-electron chi connectivity index (χ2n) is 6.21. The van der Waals surface area contributed by atoms with Gasteiger partial charge in [-0.2, -0.15) is 0 Å². The van der Waals surface area contributed by atoms with E-state index in [0.717, 1.165) is 0 Å². The highest BCUT2D eigenvalue weighted by Gasteiger charge is 2.14. The number of anilines is 1. The van der Waals surface area contributed by atoms with Gasteiger partial charge in [0.2, 0.25) is 5.91 Å². The van der Waals surface area contributed by atoms with Crippen molar-refractivity contribution in [2.24, 2.45) is 0 Å². The number of amides is 1. The van der Waals surface area contributed by atoms with Gasteiger partial charge in [0, 0.05) is 28.1 Å². The van der Waals surface area contributed by atoms with Gasteiger partial charge in [-0.25, -0.2) is 19.2 Å². The molecule has 0 aliphatic rings. The standard InChI is InChI=1S/C20H15FN4O3S2/c1-28-19(27)15-6-12(8-22-15)16-10-30-20(24-16)25-17(26)7-14-9-29-18(23-14)11-3-2-4-13(21)5-11/h2-6,8-10,22H,7H2,1H3,(H,24,25,26). The summed E-state index contributed by atoms with van der Waals surface area (Å²) < 4.78 is 18.0. The number of halogens is 1. The normalized spacial score (nSPS) is 10.7. The third kappa shape index (κ3) is 4.44. The van der Waals surface area contributed by atoms with Crippen LogP contribution in [-0.2, 0) is 16.0 Å². The lowest BCUT2D eigenvalue weighted by Gasteiger charge is -1.99. The minimum Gasteiger partial charge on any atom is -0.464 e. The van der Waals surface area contributed by atoms with Crippen LogP contribution in [0.3, 0.4) is 0 Å². The summed E-state index contributed by atoms with van der Waals surface area (Å²) in [6.07, 6.45) is 1.73. The molecule has 10 heteroatoms. The lowest BCUT2D eigenvalue weighted by Crippen LogP contribution is -2.14. The summed E-state index contributed by atoms with van der Waals surface area (Å²) in [5.74, 6) is -1.05. The maximum atomic E-state index is 13.4. The second kappa shape index (κ2) is 8.56. The highest BCUT2D eigenvalue weighted by molar-refractivity contribution is 7.14. The average Bonchev–Trinajstić information content (AvgIpc) is 3.48. The Morgan fingerprint density at radius 2 is 2.03 bits per heavy atom. The van der Waals surface area contributed by atoms with Crippen molar-refractivity contribution < 1.29 is 18.7 Å². The fraction of sp³-hybridized carbons (Fsp3) is 0.100. The van der Waals surface area contributed by atoms with Crippen LogP contribution in [0.5, 0.6) is 0 Å². The number of methoxy groups -OCH3 is 1. The first-order valence-corrected chi connectivity index (χ1v) is 10.5. The van der Waals surface area contributed by atoms with Gasteiger partial charge in [-0.3, -0.25) is 4.79 Å². The van der Waals surface area contributed by atoms with Crippen molar-refractivity contribution in [2.45, 2.75) is 6.42 Å². The van der Waals surface area contributed by atoms with Gasteiger partial charge >= 0.3 is 5.97 Å². The van der Waals surface area contributed by atoms with Crippen LogP contribution in [0.2, 0.25) is 0 Å². The van der Waals surface area contributed by atoms with E-state index in [2.05, 4.69) is 25.0 Å². The van der Waals surface area contributed by atoms with Gasteiger partial charge in [0.15, 0.2) is 5.13 Å². The SMILES string of the molecule is COC(=O)c1cc(-c2csc(NC(=O)Cc3csc(-c4cccc(F)c4)n3)n2)c[nH]1. The Bertz CT molecular complexity index is 1210. The molecule has 3 heterocycles. The van der Waals surface area contributed by atoms with E-state index in [4.69, 9.17) is 0 Å². The minimum absolute atomic E-state index is 0.0807. The lowest BCUT2D eigenvalue weighted by atomic mass is 10.2. The zero-order valence-electron chi connectivity index (χ0n) is 15.6. The number of rotatable bonds is 6. The second-order valence-corrected chi connectivity index (χ2v) is 7.93. The fourth-order valence-corrected chi connectivity index (χ4v) is 4.26. The Hall–Kier alpha value is -3.37. The number of nitrogens with zero attached hydrogens (tertiary/aromatic N) is 2. The number of aromatic nitrogens is 3. The molecule has 0 spiro atoms. The van der Waals surface area contributed by atoms with Crippen LogP contribution in [0.4, 0.5) is 9.52 Å². The molecule has 152 valence electrons. The molecule has 2 N–H and O–H groups in total. The van der Waals surface area contributed by atoms with Crippen LogP contribution in [0.1, 0.15) is 16.2 Å². The molecule has 0 radical (unpaired) electrons. The Balaban J connectivity index is 1.39. The fourth-order valence-electron chi connectivity index (χ4n) is 2.70. The maximum Gasteiger partial charge on any atom is 0.354 e. The number of thiazole rings is 2. The molecule has 4 aromatic rings. The molecule has 3 aromatic heterocycles. The van der Waals surface area contributed by atoms with Gasteiger partial charge in [0.05, 0.1) is 24.9 Å². The van der Waals surface area contributed by atoms with Crippen LogP contribution < -0.4 is 5.32 Å². The quantitative estimate of drug-likeness (QED) is 0.432. The van der Waals surface area contributed by atoms with Gasteiger partial charge in [-0.05, 0) is 18.2 Å². The van der Waals surface area contributed by atoms with Crippen molar-refractivity contribution in [1.29, 1.82) is 0 Å². The van der Waals surface area contributed by atoms with E-state index < -0.39 is 5.97 Å². The number of esters is 1. The Morgan fingerprint density at radius 3 is 2.83 bits per heavy atom. The first-order chi connectivity index (χ1) is 14.5. The molecule has 0 atom stereocenters. The summed E-state index contributed by atoms with van der Waals surface area (Å²) in [4.78, 5) is 35.5. The smallest absolute Gasteiger partial charge is 0.354 e. The molecular formula is C20H15FN4O3S2. The van der Waals surface area contributed by atoms with Crippen molar-refractivity contribution in [2.75, 3.05) is 12.4 Å². The minimum atomic E-state index is -0.467. The molecule has 0 saturated heterocycles. The zero-order valence-corrected chi connectivity index (χ0v) is 17.3. The molecule has 1 aromatic carbocycles. The van der Waals surface area contributed by atoms with Gasteiger partial charge in [-0.15, -0.1) is 22.7 Å². The van der Waals surface area contributed by atoms with E-state index in [-0.39, 0.29) is 18.1 Å². The largest absolute Gasteiger partial charge is 0.464 e. The molecule has 0 saturated carbocycles.